The third kappa shape index (κ3) is 7.35. The summed E-state index contributed by atoms with van der Waals surface area (Å²) in [7, 11) is 0. The third-order valence-corrected chi connectivity index (χ3v) is 4.57. The Morgan fingerprint density at radius 2 is 1.89 bits per heavy atom. The van der Waals surface area contributed by atoms with Crippen LogP contribution in [-0.2, 0) is 4.79 Å². The maximum atomic E-state index is 12.5. The summed E-state index contributed by atoms with van der Waals surface area (Å²) in [4.78, 5) is 25.0. The molecule has 2 aromatic rings. The Kier molecular flexibility index (Phi) is 8.71. The molecule has 0 fully saturated rings. The summed E-state index contributed by atoms with van der Waals surface area (Å²) in [6, 6.07) is 16.2. The fourth-order valence-electron chi connectivity index (χ4n) is 2.52. The number of para-hydroxylation sites is 1. The van der Waals surface area contributed by atoms with Gasteiger partial charge in [0.25, 0.3) is 5.91 Å². The standard InChI is InChI=1S/C21H26N2O3S/c1-16-7-6-8-17(15-16)20(24)23-19(11-14-27-2)21(25)22-12-13-26-18-9-4-3-5-10-18/h3-10,15,19H,11-14H2,1-2H3,(H,22,25)(H,23,24). The molecular formula is C21H26N2O3S. The predicted molar refractivity (Wildman–Crippen MR) is 110 cm³/mol. The van der Waals surface area contributed by atoms with Crippen LogP contribution >= 0.6 is 11.8 Å². The van der Waals surface area contributed by atoms with E-state index < -0.39 is 6.04 Å². The van der Waals surface area contributed by atoms with Crippen molar-refractivity contribution in [3.63, 3.8) is 0 Å². The zero-order valence-corrected chi connectivity index (χ0v) is 16.6. The molecule has 1 unspecified atom stereocenters. The van der Waals surface area contributed by atoms with E-state index in [0.717, 1.165) is 17.1 Å². The summed E-state index contributed by atoms with van der Waals surface area (Å²) >= 11 is 1.64. The van der Waals surface area contributed by atoms with Crippen molar-refractivity contribution in [3.05, 3.63) is 65.7 Å². The van der Waals surface area contributed by atoms with Crippen LogP contribution in [0.3, 0.4) is 0 Å². The number of hydrogen-bond donors (Lipinski definition) is 2. The van der Waals surface area contributed by atoms with Crippen LogP contribution in [0.25, 0.3) is 0 Å². The third-order valence-electron chi connectivity index (χ3n) is 3.93. The Bertz CT molecular complexity index is 737. The van der Waals surface area contributed by atoms with Gasteiger partial charge in [0.2, 0.25) is 5.91 Å². The molecular weight excluding hydrogens is 360 g/mol. The second-order valence-electron chi connectivity index (χ2n) is 6.13. The molecule has 0 saturated carbocycles. The fraction of sp³-hybridized carbons (Fsp3) is 0.333. The van der Waals surface area contributed by atoms with Crippen LogP contribution in [0.1, 0.15) is 22.3 Å². The van der Waals surface area contributed by atoms with E-state index in [9.17, 15) is 9.59 Å². The van der Waals surface area contributed by atoms with Gasteiger partial charge in [0.05, 0.1) is 6.54 Å². The number of amides is 2. The van der Waals surface area contributed by atoms with E-state index in [2.05, 4.69) is 10.6 Å². The molecule has 1 atom stereocenters. The molecule has 27 heavy (non-hydrogen) atoms. The van der Waals surface area contributed by atoms with E-state index in [1.54, 1.807) is 17.8 Å². The molecule has 2 amide bonds. The maximum absolute atomic E-state index is 12.5. The molecule has 0 aliphatic carbocycles. The van der Waals surface area contributed by atoms with Gasteiger partial charge in [0, 0.05) is 5.56 Å². The number of benzene rings is 2. The molecule has 0 aromatic heterocycles. The monoisotopic (exact) mass is 386 g/mol. The highest BCUT2D eigenvalue weighted by molar-refractivity contribution is 7.98. The van der Waals surface area contributed by atoms with Gasteiger partial charge in [0.1, 0.15) is 18.4 Å². The first kappa shape index (κ1) is 20.8. The highest BCUT2D eigenvalue weighted by Gasteiger charge is 2.20. The van der Waals surface area contributed by atoms with Crippen molar-refractivity contribution in [2.75, 3.05) is 25.2 Å². The van der Waals surface area contributed by atoms with Gasteiger partial charge in [-0.15, -0.1) is 0 Å². The van der Waals surface area contributed by atoms with Crippen molar-refractivity contribution in [3.8, 4) is 5.75 Å². The van der Waals surface area contributed by atoms with Crippen LogP contribution in [0.5, 0.6) is 5.75 Å². The number of carbonyl (C=O) groups excluding carboxylic acids is 2. The first-order chi connectivity index (χ1) is 13.1. The number of carbonyl (C=O) groups is 2. The van der Waals surface area contributed by atoms with Gasteiger partial charge >= 0.3 is 0 Å². The molecule has 6 heteroatoms. The summed E-state index contributed by atoms with van der Waals surface area (Å²) in [6.45, 7) is 2.68. The Balaban J connectivity index is 1.85. The van der Waals surface area contributed by atoms with Crippen molar-refractivity contribution >= 4 is 23.6 Å². The smallest absolute Gasteiger partial charge is 0.251 e. The van der Waals surface area contributed by atoms with E-state index in [-0.39, 0.29) is 11.8 Å². The molecule has 0 bridgehead atoms. The quantitative estimate of drug-likeness (QED) is 0.616. The highest BCUT2D eigenvalue weighted by atomic mass is 32.2. The Morgan fingerprint density at radius 3 is 2.59 bits per heavy atom. The van der Waals surface area contributed by atoms with Crippen LogP contribution in [0.2, 0.25) is 0 Å². The molecule has 0 aliphatic heterocycles. The van der Waals surface area contributed by atoms with E-state index in [1.807, 2.05) is 61.7 Å². The Morgan fingerprint density at radius 1 is 1.11 bits per heavy atom. The van der Waals surface area contributed by atoms with E-state index >= 15 is 0 Å². The number of rotatable bonds is 10. The van der Waals surface area contributed by atoms with E-state index in [1.165, 1.54) is 0 Å². The molecule has 0 saturated heterocycles. The predicted octanol–water partition coefficient (Wildman–Crippen LogP) is 3.04. The van der Waals surface area contributed by atoms with Crippen molar-refractivity contribution < 1.29 is 14.3 Å². The second kappa shape index (κ2) is 11.3. The van der Waals surface area contributed by atoms with Crippen LogP contribution in [0, 0.1) is 6.92 Å². The maximum Gasteiger partial charge on any atom is 0.251 e. The average molecular weight is 387 g/mol. The second-order valence-corrected chi connectivity index (χ2v) is 7.12. The molecule has 5 nitrogen and oxygen atoms in total. The lowest BCUT2D eigenvalue weighted by molar-refractivity contribution is -0.123. The molecule has 0 aliphatic rings. The zero-order chi connectivity index (χ0) is 19.5. The van der Waals surface area contributed by atoms with Crippen molar-refractivity contribution in [1.82, 2.24) is 10.6 Å². The van der Waals surface area contributed by atoms with Gasteiger partial charge in [-0.1, -0.05) is 35.9 Å². The van der Waals surface area contributed by atoms with E-state index in [4.69, 9.17) is 4.74 Å². The minimum Gasteiger partial charge on any atom is -0.492 e. The van der Waals surface area contributed by atoms with Crippen LogP contribution in [0.4, 0.5) is 0 Å². The molecule has 144 valence electrons. The lowest BCUT2D eigenvalue weighted by Gasteiger charge is -2.18. The van der Waals surface area contributed by atoms with Gasteiger partial charge in [-0.3, -0.25) is 9.59 Å². The molecule has 0 radical (unpaired) electrons. The normalized spacial score (nSPS) is 11.5. The van der Waals surface area contributed by atoms with E-state index in [0.29, 0.717) is 25.1 Å². The molecule has 2 aromatic carbocycles. The first-order valence-electron chi connectivity index (χ1n) is 8.92. The van der Waals surface area contributed by atoms with Gasteiger partial charge in [-0.25, -0.2) is 0 Å². The SMILES string of the molecule is CSCCC(NC(=O)c1cccc(C)c1)C(=O)NCCOc1ccccc1. The molecule has 2 rings (SSSR count). The van der Waals surface area contributed by atoms with Crippen LogP contribution < -0.4 is 15.4 Å². The first-order valence-corrected chi connectivity index (χ1v) is 10.3. The lowest BCUT2D eigenvalue weighted by Crippen LogP contribution is -2.47. The fourth-order valence-corrected chi connectivity index (χ4v) is 2.99. The van der Waals surface area contributed by atoms with Crippen molar-refractivity contribution in [1.29, 1.82) is 0 Å². The van der Waals surface area contributed by atoms with Crippen molar-refractivity contribution in [2.45, 2.75) is 19.4 Å². The summed E-state index contributed by atoms with van der Waals surface area (Å²) in [6.07, 6.45) is 2.55. The summed E-state index contributed by atoms with van der Waals surface area (Å²) < 4.78 is 5.57. The number of nitrogens with one attached hydrogen (secondary N) is 2. The van der Waals surface area contributed by atoms with Crippen LogP contribution in [0.15, 0.2) is 54.6 Å². The van der Waals surface area contributed by atoms with Crippen molar-refractivity contribution in [2.24, 2.45) is 0 Å². The Labute approximate surface area is 164 Å². The average Bonchev–Trinajstić information content (AvgIpc) is 2.69. The van der Waals surface area contributed by atoms with Crippen LogP contribution in [-0.4, -0.2) is 43.0 Å². The highest BCUT2D eigenvalue weighted by Crippen LogP contribution is 2.08. The number of aryl methyl sites for hydroxylation is 1. The Hall–Kier alpha value is -2.47. The summed E-state index contributed by atoms with van der Waals surface area (Å²) in [5.41, 5.74) is 1.56. The summed E-state index contributed by atoms with van der Waals surface area (Å²) in [5, 5.41) is 5.69. The minimum atomic E-state index is -0.567. The van der Waals surface area contributed by atoms with Gasteiger partial charge in [-0.05, 0) is 49.6 Å². The zero-order valence-electron chi connectivity index (χ0n) is 15.7. The number of ether oxygens (including phenoxy) is 1. The molecule has 0 spiro atoms. The topological polar surface area (TPSA) is 67.4 Å². The minimum absolute atomic E-state index is 0.193. The van der Waals surface area contributed by atoms with Gasteiger partial charge in [0.15, 0.2) is 0 Å². The van der Waals surface area contributed by atoms with Gasteiger partial charge < -0.3 is 15.4 Å². The summed E-state index contributed by atoms with van der Waals surface area (Å²) in [5.74, 6) is 1.12. The molecule has 0 heterocycles. The largest absolute Gasteiger partial charge is 0.492 e. The van der Waals surface area contributed by atoms with Gasteiger partial charge in [-0.2, -0.15) is 11.8 Å². The number of thioether (sulfide) groups is 1. The number of hydrogen-bond acceptors (Lipinski definition) is 4. The lowest BCUT2D eigenvalue weighted by atomic mass is 10.1. The molecule has 2 N–H and O–H groups in total.